The normalized spacial score (nSPS) is 11.8. The van der Waals surface area contributed by atoms with Crippen molar-refractivity contribution in [2.75, 3.05) is 4.72 Å². The Morgan fingerprint density at radius 2 is 2.00 bits per heavy atom. The lowest BCUT2D eigenvalue weighted by atomic mass is 10.1. The summed E-state index contributed by atoms with van der Waals surface area (Å²) in [4.78, 5) is 11.8. The summed E-state index contributed by atoms with van der Waals surface area (Å²) in [7, 11) is -3.63. The molecular weight excluding hydrogens is 334 g/mol. The fourth-order valence-electron chi connectivity index (χ4n) is 2.53. The van der Waals surface area contributed by atoms with Gasteiger partial charge in [-0.25, -0.2) is 8.42 Å². The number of furan rings is 1. The second-order valence-corrected chi connectivity index (χ2v) is 8.15. The van der Waals surface area contributed by atoms with Crippen LogP contribution >= 0.6 is 11.3 Å². The van der Waals surface area contributed by atoms with E-state index in [4.69, 9.17) is 4.42 Å². The minimum atomic E-state index is -3.63. The lowest BCUT2D eigenvalue weighted by molar-refractivity contribution is 0.101. The Kier molecular flexibility index (Phi) is 3.77. The molecular formula is C16H15NO4S2. The van der Waals surface area contributed by atoms with Crippen LogP contribution in [0.2, 0.25) is 0 Å². The number of benzene rings is 1. The van der Waals surface area contributed by atoms with E-state index in [9.17, 15) is 13.2 Å². The van der Waals surface area contributed by atoms with Crippen molar-refractivity contribution in [3.8, 4) is 0 Å². The molecule has 0 bridgehead atoms. The number of hydrogen-bond acceptors (Lipinski definition) is 5. The number of hydrogen-bond donors (Lipinski definition) is 1. The first kappa shape index (κ1) is 15.8. The van der Waals surface area contributed by atoms with Crippen molar-refractivity contribution in [2.45, 2.75) is 25.0 Å². The predicted octanol–water partition coefficient (Wildman–Crippen LogP) is 4.11. The van der Waals surface area contributed by atoms with Crippen LogP contribution in [0.15, 0.2) is 38.3 Å². The zero-order chi connectivity index (χ0) is 16.8. The molecule has 0 saturated heterocycles. The molecule has 23 heavy (non-hydrogen) atoms. The lowest BCUT2D eigenvalue weighted by Crippen LogP contribution is -2.12. The van der Waals surface area contributed by atoms with Gasteiger partial charge in [-0.3, -0.25) is 9.52 Å². The maximum atomic E-state index is 12.4. The van der Waals surface area contributed by atoms with E-state index in [0.717, 1.165) is 16.9 Å². The highest BCUT2D eigenvalue weighted by molar-refractivity contribution is 7.94. The topological polar surface area (TPSA) is 76.4 Å². The Labute approximate surface area is 138 Å². The fourth-order valence-corrected chi connectivity index (χ4v) is 4.64. The maximum absolute atomic E-state index is 12.4. The smallest absolute Gasteiger partial charge is 0.271 e. The molecule has 2 heterocycles. The van der Waals surface area contributed by atoms with E-state index >= 15 is 0 Å². The molecule has 7 heteroatoms. The third-order valence-electron chi connectivity index (χ3n) is 3.57. The number of carbonyl (C=O) groups is 1. The zero-order valence-electron chi connectivity index (χ0n) is 12.8. The molecule has 0 radical (unpaired) electrons. The Balaban J connectivity index is 2.13. The number of ketones is 1. The van der Waals surface area contributed by atoms with E-state index in [1.807, 2.05) is 0 Å². The number of rotatable bonds is 4. The first-order chi connectivity index (χ1) is 10.8. The first-order valence-corrected chi connectivity index (χ1v) is 9.27. The summed E-state index contributed by atoms with van der Waals surface area (Å²) in [5, 5.41) is 2.32. The van der Waals surface area contributed by atoms with Crippen molar-refractivity contribution in [1.82, 2.24) is 0 Å². The number of Topliss-reactive ketones (excluding diaryl/α,β-unsaturated/α-hetero) is 1. The van der Waals surface area contributed by atoms with Gasteiger partial charge in [0.2, 0.25) is 0 Å². The van der Waals surface area contributed by atoms with Gasteiger partial charge in [-0.1, -0.05) is 6.07 Å². The van der Waals surface area contributed by atoms with Gasteiger partial charge in [0.25, 0.3) is 10.0 Å². The van der Waals surface area contributed by atoms with Crippen LogP contribution in [-0.2, 0) is 10.0 Å². The Hall–Kier alpha value is -2.12. The van der Waals surface area contributed by atoms with Gasteiger partial charge in [-0.15, -0.1) is 11.3 Å². The minimum absolute atomic E-state index is 0.114. The monoisotopic (exact) mass is 349 g/mol. The fraction of sp³-hybridized carbons (Fsp3) is 0.188. The molecule has 3 rings (SSSR count). The van der Waals surface area contributed by atoms with Gasteiger partial charge in [-0.2, -0.15) is 0 Å². The van der Waals surface area contributed by atoms with Crippen molar-refractivity contribution < 1.29 is 17.6 Å². The average Bonchev–Trinajstić information content (AvgIpc) is 3.06. The van der Waals surface area contributed by atoms with Crippen LogP contribution in [0.3, 0.4) is 0 Å². The van der Waals surface area contributed by atoms with E-state index in [1.54, 1.807) is 43.5 Å². The van der Waals surface area contributed by atoms with Crippen molar-refractivity contribution >= 4 is 43.8 Å². The van der Waals surface area contributed by atoms with E-state index in [0.29, 0.717) is 28.0 Å². The third kappa shape index (κ3) is 2.77. The number of sulfonamides is 1. The zero-order valence-corrected chi connectivity index (χ0v) is 14.5. The molecule has 0 aliphatic heterocycles. The van der Waals surface area contributed by atoms with Crippen molar-refractivity contribution in [3.05, 3.63) is 46.5 Å². The standard InChI is InChI=1S/C16H15NO4S2/c1-9-7-14-12(16(10(2)18)11(3)21-14)8-13(9)17-23(19,20)15-5-4-6-22-15/h4-8,17H,1-3H3. The van der Waals surface area contributed by atoms with Crippen LogP contribution in [0, 0.1) is 13.8 Å². The van der Waals surface area contributed by atoms with E-state index in [-0.39, 0.29) is 9.99 Å². The van der Waals surface area contributed by atoms with Gasteiger partial charge in [0.15, 0.2) is 5.78 Å². The molecule has 1 aromatic carbocycles. The molecule has 0 atom stereocenters. The Morgan fingerprint density at radius 1 is 1.26 bits per heavy atom. The highest BCUT2D eigenvalue weighted by Gasteiger charge is 2.20. The second kappa shape index (κ2) is 5.50. The molecule has 1 N–H and O–H groups in total. The highest BCUT2D eigenvalue weighted by Crippen LogP contribution is 2.32. The molecule has 0 aliphatic rings. The molecule has 3 aromatic rings. The van der Waals surface area contributed by atoms with Gasteiger partial charge in [0, 0.05) is 5.39 Å². The summed E-state index contributed by atoms with van der Waals surface area (Å²) < 4.78 is 33.2. The average molecular weight is 349 g/mol. The van der Waals surface area contributed by atoms with Gasteiger partial charge in [0.05, 0.1) is 11.3 Å². The summed E-state index contributed by atoms with van der Waals surface area (Å²) in [6.45, 7) is 4.98. The van der Waals surface area contributed by atoms with E-state index < -0.39 is 10.0 Å². The van der Waals surface area contributed by atoms with Crippen LogP contribution in [0.4, 0.5) is 5.69 Å². The third-order valence-corrected chi connectivity index (χ3v) is 6.33. The van der Waals surface area contributed by atoms with Gasteiger partial charge in [-0.05, 0) is 49.9 Å². The summed E-state index contributed by atoms with van der Waals surface area (Å²) in [5.41, 5.74) is 2.22. The molecule has 0 spiro atoms. The summed E-state index contributed by atoms with van der Waals surface area (Å²) in [6.07, 6.45) is 0. The Bertz CT molecular complexity index is 999. The van der Waals surface area contributed by atoms with Gasteiger partial charge >= 0.3 is 0 Å². The minimum Gasteiger partial charge on any atom is -0.461 e. The van der Waals surface area contributed by atoms with Crippen molar-refractivity contribution in [1.29, 1.82) is 0 Å². The molecule has 0 fully saturated rings. The predicted molar refractivity (Wildman–Crippen MR) is 90.8 cm³/mol. The second-order valence-electron chi connectivity index (χ2n) is 5.29. The maximum Gasteiger partial charge on any atom is 0.271 e. The molecule has 120 valence electrons. The molecule has 0 saturated carbocycles. The van der Waals surface area contributed by atoms with Crippen molar-refractivity contribution in [3.63, 3.8) is 0 Å². The van der Waals surface area contributed by atoms with Gasteiger partial charge < -0.3 is 4.42 Å². The van der Waals surface area contributed by atoms with Crippen molar-refractivity contribution in [2.24, 2.45) is 0 Å². The van der Waals surface area contributed by atoms with E-state index in [1.165, 1.54) is 6.92 Å². The first-order valence-electron chi connectivity index (χ1n) is 6.90. The number of aryl methyl sites for hydroxylation is 2. The molecule has 0 amide bonds. The quantitative estimate of drug-likeness (QED) is 0.719. The van der Waals surface area contributed by atoms with E-state index in [2.05, 4.69) is 4.72 Å². The van der Waals surface area contributed by atoms with Crippen LogP contribution < -0.4 is 4.72 Å². The number of anilines is 1. The van der Waals surface area contributed by atoms with Gasteiger partial charge in [0.1, 0.15) is 15.6 Å². The summed E-state index contributed by atoms with van der Waals surface area (Å²) in [6, 6.07) is 6.62. The number of carbonyl (C=O) groups excluding carboxylic acids is 1. The van der Waals surface area contributed by atoms with Crippen LogP contribution in [0.25, 0.3) is 11.0 Å². The highest BCUT2D eigenvalue weighted by atomic mass is 32.2. The Morgan fingerprint density at radius 3 is 2.61 bits per heavy atom. The summed E-state index contributed by atoms with van der Waals surface area (Å²) in [5.74, 6) is 0.419. The number of thiophene rings is 1. The number of nitrogens with one attached hydrogen (secondary N) is 1. The molecule has 2 aromatic heterocycles. The summed E-state index contributed by atoms with van der Waals surface area (Å²) >= 11 is 1.15. The molecule has 0 unspecified atom stereocenters. The number of fused-ring (bicyclic) bond motifs is 1. The lowest BCUT2D eigenvalue weighted by Gasteiger charge is -2.09. The van der Waals surface area contributed by atoms with Crippen LogP contribution in [0.1, 0.15) is 28.6 Å². The molecule has 5 nitrogen and oxygen atoms in total. The largest absolute Gasteiger partial charge is 0.461 e. The van der Waals surface area contributed by atoms with Crippen LogP contribution in [-0.4, -0.2) is 14.2 Å². The molecule has 0 aliphatic carbocycles. The van der Waals surface area contributed by atoms with Crippen LogP contribution in [0.5, 0.6) is 0 Å². The SMILES string of the molecule is CC(=O)c1c(C)oc2cc(C)c(NS(=O)(=O)c3cccs3)cc12.